The van der Waals surface area contributed by atoms with E-state index in [4.69, 9.17) is 4.74 Å². The van der Waals surface area contributed by atoms with Crippen LogP contribution in [0.3, 0.4) is 0 Å². The summed E-state index contributed by atoms with van der Waals surface area (Å²) in [5.74, 6) is 0.0757. The molecule has 0 radical (unpaired) electrons. The van der Waals surface area contributed by atoms with Gasteiger partial charge in [-0.1, -0.05) is 6.92 Å². The Hall–Kier alpha value is -3.29. The molecule has 0 aliphatic heterocycles. The number of halogens is 1. The van der Waals surface area contributed by atoms with Crippen molar-refractivity contribution in [2.45, 2.75) is 46.6 Å². The lowest BCUT2D eigenvalue weighted by molar-refractivity contribution is 0.0987. The number of methoxy groups -OCH3 is 1. The molecule has 30 heavy (non-hydrogen) atoms. The smallest absolute Gasteiger partial charge is 0.227 e. The van der Waals surface area contributed by atoms with Crippen LogP contribution in [0, 0.1) is 12.7 Å². The maximum absolute atomic E-state index is 14.6. The van der Waals surface area contributed by atoms with Crippen molar-refractivity contribution in [2.75, 3.05) is 12.4 Å². The number of hydrogen-bond donors (Lipinski definition) is 1. The van der Waals surface area contributed by atoms with Gasteiger partial charge >= 0.3 is 0 Å². The predicted molar refractivity (Wildman–Crippen MR) is 113 cm³/mol. The van der Waals surface area contributed by atoms with Crippen LogP contribution in [0.25, 0.3) is 0 Å². The Kier molecular flexibility index (Phi) is 6.76. The van der Waals surface area contributed by atoms with Crippen molar-refractivity contribution in [2.24, 2.45) is 0 Å². The number of ketones is 1. The third-order valence-corrected chi connectivity index (χ3v) is 5.02. The average molecular weight is 411 g/mol. The summed E-state index contributed by atoms with van der Waals surface area (Å²) >= 11 is 0. The highest BCUT2D eigenvalue weighted by molar-refractivity contribution is 5.96. The van der Waals surface area contributed by atoms with Crippen LogP contribution in [0.4, 0.5) is 16.0 Å². The molecule has 3 rings (SSSR count). The van der Waals surface area contributed by atoms with Gasteiger partial charge in [-0.25, -0.2) is 14.4 Å². The topological polar surface area (TPSA) is 81.9 Å². The molecule has 0 fully saturated rings. The number of benzene rings is 1. The first kappa shape index (κ1) is 21.4. The van der Waals surface area contributed by atoms with Crippen molar-refractivity contribution in [3.63, 3.8) is 0 Å². The molecule has 0 saturated heterocycles. The monoisotopic (exact) mass is 411 g/mol. The fourth-order valence-corrected chi connectivity index (χ4v) is 3.19. The molecule has 0 amide bonds. The maximum Gasteiger partial charge on any atom is 0.227 e. The van der Waals surface area contributed by atoms with E-state index in [0.29, 0.717) is 36.3 Å². The zero-order valence-electron chi connectivity index (χ0n) is 17.7. The molecule has 0 aliphatic carbocycles. The molecule has 0 unspecified atom stereocenters. The van der Waals surface area contributed by atoms with Gasteiger partial charge in [0.25, 0.3) is 0 Å². The molecular formula is C22H26FN5O2. The van der Waals surface area contributed by atoms with Crippen LogP contribution in [0.15, 0.2) is 30.7 Å². The van der Waals surface area contributed by atoms with Crippen LogP contribution < -0.4 is 10.1 Å². The lowest BCUT2D eigenvalue weighted by Gasteiger charge is -2.11. The summed E-state index contributed by atoms with van der Waals surface area (Å²) in [6.45, 7) is 6.58. The van der Waals surface area contributed by atoms with E-state index in [9.17, 15) is 9.18 Å². The Morgan fingerprint density at radius 2 is 1.90 bits per heavy atom. The van der Waals surface area contributed by atoms with Crippen LogP contribution in [-0.2, 0) is 19.4 Å². The zero-order valence-corrected chi connectivity index (χ0v) is 17.7. The SMILES string of the molecule is CCC(=O)c1cc(CCc2cnc(Nc3cnn(CC)c3C)nc2)c(F)c(OC)c1. The van der Waals surface area contributed by atoms with Crippen LogP contribution in [0.2, 0.25) is 0 Å². The molecule has 1 N–H and O–H groups in total. The number of rotatable bonds is 9. The predicted octanol–water partition coefficient (Wildman–Crippen LogP) is 4.27. The summed E-state index contributed by atoms with van der Waals surface area (Å²) in [7, 11) is 1.40. The Balaban J connectivity index is 1.70. The normalized spacial score (nSPS) is 10.8. The lowest BCUT2D eigenvalue weighted by atomic mass is 10.00. The summed E-state index contributed by atoms with van der Waals surface area (Å²) in [6, 6.07) is 3.06. The molecule has 1 aromatic carbocycles. The summed E-state index contributed by atoms with van der Waals surface area (Å²) in [5.41, 5.74) is 3.64. The van der Waals surface area contributed by atoms with E-state index < -0.39 is 5.82 Å². The van der Waals surface area contributed by atoms with E-state index in [2.05, 4.69) is 20.4 Å². The number of nitrogens with one attached hydrogen (secondary N) is 1. The fourth-order valence-electron chi connectivity index (χ4n) is 3.19. The Morgan fingerprint density at radius 3 is 2.50 bits per heavy atom. The molecule has 0 spiro atoms. The lowest BCUT2D eigenvalue weighted by Crippen LogP contribution is -2.05. The van der Waals surface area contributed by atoms with E-state index in [0.717, 1.165) is 23.5 Å². The highest BCUT2D eigenvalue weighted by Gasteiger charge is 2.15. The van der Waals surface area contributed by atoms with Crippen LogP contribution in [0.5, 0.6) is 5.75 Å². The molecule has 2 heterocycles. The number of aromatic nitrogens is 4. The number of hydrogen-bond acceptors (Lipinski definition) is 6. The van der Waals surface area contributed by atoms with E-state index in [1.54, 1.807) is 31.6 Å². The van der Waals surface area contributed by atoms with Crippen molar-refractivity contribution in [3.8, 4) is 5.75 Å². The van der Waals surface area contributed by atoms with Gasteiger partial charge in [0.2, 0.25) is 5.95 Å². The largest absolute Gasteiger partial charge is 0.494 e. The van der Waals surface area contributed by atoms with Crippen molar-refractivity contribution >= 4 is 17.4 Å². The first-order valence-electron chi connectivity index (χ1n) is 9.96. The number of carbonyl (C=O) groups is 1. The average Bonchev–Trinajstić information content (AvgIpc) is 3.12. The molecule has 0 aliphatic rings. The third kappa shape index (κ3) is 4.64. The number of carbonyl (C=O) groups excluding carboxylic acids is 1. The number of Topliss-reactive ketones (excluding diaryl/α,β-unsaturated/α-hetero) is 1. The van der Waals surface area contributed by atoms with Gasteiger partial charge in [0.1, 0.15) is 0 Å². The van der Waals surface area contributed by atoms with E-state index in [-0.39, 0.29) is 11.5 Å². The number of aryl methyl sites for hydroxylation is 3. The first-order valence-corrected chi connectivity index (χ1v) is 9.96. The number of ether oxygens (including phenoxy) is 1. The van der Waals surface area contributed by atoms with Gasteiger partial charge in [-0.15, -0.1) is 0 Å². The summed E-state index contributed by atoms with van der Waals surface area (Å²) in [4.78, 5) is 20.7. The molecule has 158 valence electrons. The summed E-state index contributed by atoms with van der Waals surface area (Å²) in [5, 5.41) is 7.45. The zero-order chi connectivity index (χ0) is 21.7. The first-order chi connectivity index (χ1) is 14.5. The second-order valence-corrected chi connectivity index (χ2v) is 6.93. The molecule has 8 heteroatoms. The Morgan fingerprint density at radius 1 is 1.17 bits per heavy atom. The second-order valence-electron chi connectivity index (χ2n) is 6.93. The highest BCUT2D eigenvalue weighted by atomic mass is 19.1. The quantitative estimate of drug-likeness (QED) is 0.530. The van der Waals surface area contributed by atoms with Gasteiger partial charge in [-0.3, -0.25) is 9.48 Å². The summed E-state index contributed by atoms with van der Waals surface area (Å²) < 4.78 is 21.6. The molecule has 0 bridgehead atoms. The highest BCUT2D eigenvalue weighted by Crippen LogP contribution is 2.25. The van der Waals surface area contributed by atoms with Crippen molar-refractivity contribution in [1.29, 1.82) is 0 Å². The third-order valence-electron chi connectivity index (χ3n) is 5.02. The summed E-state index contributed by atoms with van der Waals surface area (Å²) in [6.07, 6.45) is 6.47. The minimum absolute atomic E-state index is 0.0463. The molecule has 0 atom stereocenters. The van der Waals surface area contributed by atoms with Crippen LogP contribution in [-0.4, -0.2) is 32.6 Å². The van der Waals surface area contributed by atoms with Gasteiger partial charge in [-0.2, -0.15) is 5.10 Å². The van der Waals surface area contributed by atoms with E-state index in [1.165, 1.54) is 13.2 Å². The molecule has 0 saturated carbocycles. The molecule has 7 nitrogen and oxygen atoms in total. The van der Waals surface area contributed by atoms with Gasteiger partial charge < -0.3 is 10.1 Å². The van der Waals surface area contributed by atoms with Crippen molar-refractivity contribution in [1.82, 2.24) is 19.7 Å². The van der Waals surface area contributed by atoms with Gasteiger partial charge in [0.05, 0.1) is 24.7 Å². The maximum atomic E-state index is 14.6. The fraction of sp³-hybridized carbons (Fsp3) is 0.364. The Labute approximate surface area is 175 Å². The molecule has 2 aromatic heterocycles. The van der Waals surface area contributed by atoms with Crippen LogP contribution in [0.1, 0.15) is 47.4 Å². The van der Waals surface area contributed by atoms with Gasteiger partial charge in [-0.05, 0) is 49.9 Å². The Bertz CT molecular complexity index is 1030. The van der Waals surface area contributed by atoms with Gasteiger partial charge in [0, 0.05) is 30.9 Å². The minimum Gasteiger partial charge on any atom is -0.494 e. The van der Waals surface area contributed by atoms with Crippen LogP contribution >= 0.6 is 0 Å². The van der Waals surface area contributed by atoms with E-state index >= 15 is 0 Å². The molecular weight excluding hydrogens is 385 g/mol. The number of anilines is 2. The van der Waals surface area contributed by atoms with E-state index in [1.807, 2.05) is 18.5 Å². The van der Waals surface area contributed by atoms with Crippen molar-refractivity contribution < 1.29 is 13.9 Å². The standard InChI is InChI=1S/C22H26FN5O2/c1-5-19(29)17-9-16(21(23)20(10-17)30-4)8-7-15-11-24-22(25-12-15)27-18-13-26-28(6-2)14(18)3/h9-13H,5-8H2,1-4H3,(H,24,25,27). The van der Waals surface area contributed by atoms with Gasteiger partial charge in [0.15, 0.2) is 17.3 Å². The number of nitrogens with zero attached hydrogens (tertiary/aromatic N) is 4. The van der Waals surface area contributed by atoms with Crippen molar-refractivity contribution in [3.05, 3.63) is 58.9 Å². The minimum atomic E-state index is -0.437. The second kappa shape index (κ2) is 9.47. The molecule has 3 aromatic rings.